The number of pyridine rings is 1. The van der Waals surface area contributed by atoms with Crippen molar-refractivity contribution in [2.24, 2.45) is 0 Å². The van der Waals surface area contributed by atoms with Crippen LogP contribution in [0, 0.1) is 15.9 Å². The summed E-state index contributed by atoms with van der Waals surface area (Å²) in [5.74, 6) is -0.632. The van der Waals surface area contributed by atoms with Crippen LogP contribution in [0.25, 0.3) is 0 Å². The molecule has 0 bridgehead atoms. The van der Waals surface area contributed by atoms with E-state index in [0.717, 1.165) is 12.1 Å². The molecule has 0 unspecified atom stereocenters. The first-order valence-corrected chi connectivity index (χ1v) is 5.17. The Kier molecular flexibility index (Phi) is 3.38. The van der Waals surface area contributed by atoms with Crippen LogP contribution in [0.4, 0.5) is 10.1 Å². The molecule has 92 valence electrons. The third-order valence-electron chi connectivity index (χ3n) is 2.01. The number of halogens is 2. The predicted octanol–water partition coefficient (Wildman–Crippen LogP) is 3.57. The van der Waals surface area contributed by atoms with Crippen molar-refractivity contribution in [1.29, 1.82) is 0 Å². The molecule has 0 aliphatic rings. The van der Waals surface area contributed by atoms with E-state index in [4.69, 9.17) is 16.3 Å². The van der Waals surface area contributed by atoms with E-state index in [-0.39, 0.29) is 22.3 Å². The van der Waals surface area contributed by atoms with E-state index >= 15 is 0 Å². The van der Waals surface area contributed by atoms with Crippen molar-refractivity contribution in [2.45, 2.75) is 0 Å². The average Bonchev–Trinajstić information content (AvgIpc) is 2.31. The van der Waals surface area contributed by atoms with Gasteiger partial charge in [-0.25, -0.2) is 9.37 Å². The van der Waals surface area contributed by atoms with Gasteiger partial charge in [0.05, 0.1) is 16.1 Å². The van der Waals surface area contributed by atoms with Crippen LogP contribution >= 0.6 is 11.6 Å². The van der Waals surface area contributed by atoms with Gasteiger partial charge in [-0.15, -0.1) is 0 Å². The molecule has 2 aromatic rings. The molecule has 1 heterocycles. The van der Waals surface area contributed by atoms with Gasteiger partial charge in [0, 0.05) is 12.1 Å². The Balaban J connectivity index is 2.37. The summed E-state index contributed by atoms with van der Waals surface area (Å²) < 4.78 is 18.1. The van der Waals surface area contributed by atoms with Crippen LogP contribution in [0.2, 0.25) is 5.02 Å². The van der Waals surface area contributed by atoms with Gasteiger partial charge in [-0.1, -0.05) is 17.7 Å². The Bertz CT molecular complexity index is 607. The van der Waals surface area contributed by atoms with Crippen molar-refractivity contribution >= 4 is 17.3 Å². The molecule has 0 radical (unpaired) electrons. The highest BCUT2D eigenvalue weighted by Crippen LogP contribution is 2.31. The fourth-order valence-electron chi connectivity index (χ4n) is 1.27. The quantitative estimate of drug-likeness (QED) is 0.630. The summed E-state index contributed by atoms with van der Waals surface area (Å²) in [6, 6.07) is 6.33. The minimum atomic E-state index is -0.673. The number of nitro groups is 1. The SMILES string of the molecule is O=[N+]([O-])c1cc(Cl)cnc1Oc1cccc(F)c1. The van der Waals surface area contributed by atoms with E-state index in [1.807, 2.05) is 0 Å². The van der Waals surface area contributed by atoms with E-state index in [1.165, 1.54) is 24.4 Å². The molecule has 1 aromatic heterocycles. The number of benzene rings is 1. The van der Waals surface area contributed by atoms with Gasteiger partial charge >= 0.3 is 5.69 Å². The zero-order valence-corrected chi connectivity index (χ0v) is 9.60. The molecule has 0 N–H and O–H groups in total. The van der Waals surface area contributed by atoms with Crippen molar-refractivity contribution in [1.82, 2.24) is 4.98 Å². The molecule has 0 atom stereocenters. The molecule has 7 heteroatoms. The lowest BCUT2D eigenvalue weighted by molar-refractivity contribution is -0.386. The maximum Gasteiger partial charge on any atom is 0.332 e. The van der Waals surface area contributed by atoms with Gasteiger partial charge in [0.15, 0.2) is 0 Å². The second-order valence-electron chi connectivity index (χ2n) is 3.29. The summed E-state index contributed by atoms with van der Waals surface area (Å²) in [7, 11) is 0. The standard InChI is InChI=1S/C11H6ClFN2O3/c12-7-4-10(15(16)17)11(14-6-7)18-9-3-1-2-8(13)5-9/h1-6H. The summed E-state index contributed by atoms with van der Waals surface area (Å²) in [5, 5.41) is 10.9. The third-order valence-corrected chi connectivity index (χ3v) is 2.21. The summed E-state index contributed by atoms with van der Waals surface area (Å²) in [5.41, 5.74) is -0.383. The minimum Gasteiger partial charge on any atom is -0.434 e. The molecular formula is C11H6ClFN2O3. The van der Waals surface area contributed by atoms with Gasteiger partial charge in [0.2, 0.25) is 0 Å². The Morgan fingerprint density at radius 2 is 2.17 bits per heavy atom. The highest BCUT2D eigenvalue weighted by Gasteiger charge is 2.18. The first kappa shape index (κ1) is 12.3. The number of aromatic nitrogens is 1. The molecule has 0 aliphatic heterocycles. The largest absolute Gasteiger partial charge is 0.434 e. The molecule has 5 nitrogen and oxygen atoms in total. The van der Waals surface area contributed by atoms with Crippen LogP contribution in [0.15, 0.2) is 36.5 Å². The molecule has 0 aliphatic carbocycles. The van der Waals surface area contributed by atoms with Gasteiger partial charge < -0.3 is 4.74 Å². The summed E-state index contributed by atoms with van der Waals surface area (Å²) >= 11 is 5.61. The van der Waals surface area contributed by atoms with E-state index in [0.29, 0.717) is 0 Å². The zero-order chi connectivity index (χ0) is 13.1. The van der Waals surface area contributed by atoms with Crippen molar-refractivity contribution in [3.8, 4) is 11.6 Å². The van der Waals surface area contributed by atoms with E-state index in [9.17, 15) is 14.5 Å². The van der Waals surface area contributed by atoms with Crippen LogP contribution in [-0.4, -0.2) is 9.91 Å². The van der Waals surface area contributed by atoms with Gasteiger partial charge in [-0.05, 0) is 12.1 Å². The molecule has 2 rings (SSSR count). The van der Waals surface area contributed by atoms with E-state index in [2.05, 4.69) is 4.98 Å². The predicted molar refractivity (Wildman–Crippen MR) is 62.4 cm³/mol. The molecule has 1 aromatic carbocycles. The van der Waals surface area contributed by atoms with Crippen LogP contribution in [0.5, 0.6) is 11.6 Å². The zero-order valence-electron chi connectivity index (χ0n) is 8.84. The first-order chi connectivity index (χ1) is 8.56. The highest BCUT2D eigenvalue weighted by molar-refractivity contribution is 6.30. The van der Waals surface area contributed by atoms with Crippen LogP contribution in [0.3, 0.4) is 0 Å². The molecule has 18 heavy (non-hydrogen) atoms. The van der Waals surface area contributed by atoms with Crippen molar-refractivity contribution in [3.05, 3.63) is 57.5 Å². The molecule has 0 amide bonds. The Hall–Kier alpha value is -2.21. The number of hydrogen-bond donors (Lipinski definition) is 0. The fourth-order valence-corrected chi connectivity index (χ4v) is 1.42. The van der Waals surface area contributed by atoms with Crippen molar-refractivity contribution < 1.29 is 14.1 Å². The van der Waals surface area contributed by atoms with Gasteiger partial charge in [-0.3, -0.25) is 10.1 Å². The number of hydrogen-bond acceptors (Lipinski definition) is 4. The summed E-state index contributed by atoms with van der Waals surface area (Å²) in [6.07, 6.45) is 1.21. The van der Waals surface area contributed by atoms with Gasteiger partial charge in [-0.2, -0.15) is 0 Å². The van der Waals surface area contributed by atoms with E-state index < -0.39 is 10.7 Å². The maximum atomic E-state index is 12.9. The van der Waals surface area contributed by atoms with Crippen molar-refractivity contribution in [2.75, 3.05) is 0 Å². The van der Waals surface area contributed by atoms with E-state index in [1.54, 1.807) is 0 Å². The maximum absolute atomic E-state index is 12.9. The smallest absolute Gasteiger partial charge is 0.332 e. The lowest BCUT2D eigenvalue weighted by Gasteiger charge is -2.05. The Morgan fingerprint density at radius 1 is 1.39 bits per heavy atom. The topological polar surface area (TPSA) is 65.3 Å². The minimum absolute atomic E-state index is 0.118. The summed E-state index contributed by atoms with van der Waals surface area (Å²) in [4.78, 5) is 13.8. The van der Waals surface area contributed by atoms with Gasteiger partial charge in [0.1, 0.15) is 11.6 Å². The van der Waals surface area contributed by atoms with Crippen LogP contribution < -0.4 is 4.74 Å². The number of rotatable bonds is 3. The lowest BCUT2D eigenvalue weighted by Crippen LogP contribution is -1.96. The monoisotopic (exact) mass is 268 g/mol. The molecule has 0 fully saturated rings. The van der Waals surface area contributed by atoms with Crippen LogP contribution in [-0.2, 0) is 0 Å². The second-order valence-corrected chi connectivity index (χ2v) is 3.73. The molecule has 0 saturated carbocycles. The number of ether oxygens (including phenoxy) is 1. The third kappa shape index (κ3) is 2.72. The van der Waals surface area contributed by atoms with Gasteiger partial charge in [0.25, 0.3) is 5.88 Å². The Morgan fingerprint density at radius 3 is 2.83 bits per heavy atom. The number of nitrogens with zero attached hydrogens (tertiary/aromatic N) is 2. The first-order valence-electron chi connectivity index (χ1n) is 4.79. The second kappa shape index (κ2) is 4.97. The molecule has 0 saturated heterocycles. The molecular weight excluding hydrogens is 263 g/mol. The average molecular weight is 269 g/mol. The highest BCUT2D eigenvalue weighted by atomic mass is 35.5. The fraction of sp³-hybridized carbons (Fsp3) is 0. The van der Waals surface area contributed by atoms with Crippen molar-refractivity contribution in [3.63, 3.8) is 0 Å². The lowest BCUT2D eigenvalue weighted by atomic mass is 10.3. The van der Waals surface area contributed by atoms with Crippen LogP contribution in [0.1, 0.15) is 0 Å². The Labute approximate surface area is 106 Å². The normalized spacial score (nSPS) is 10.1. The summed E-state index contributed by atoms with van der Waals surface area (Å²) in [6.45, 7) is 0. The molecule has 0 spiro atoms.